The lowest BCUT2D eigenvalue weighted by molar-refractivity contribution is -0.257. The normalized spacial score (nSPS) is 14.3. The second kappa shape index (κ2) is 6.48. The van der Waals surface area contributed by atoms with E-state index in [2.05, 4.69) is 0 Å². The van der Waals surface area contributed by atoms with E-state index in [0.717, 1.165) is 11.3 Å². The zero-order chi connectivity index (χ0) is 19.1. The van der Waals surface area contributed by atoms with Crippen LogP contribution in [-0.2, 0) is 5.60 Å². The lowest BCUT2D eigenvalue weighted by Gasteiger charge is -2.24. The first kappa shape index (κ1) is 18.5. The molecule has 1 nitrogen and oxygen atoms in total. The van der Waals surface area contributed by atoms with E-state index in [1.54, 1.807) is 0 Å². The molecule has 0 bridgehead atoms. The van der Waals surface area contributed by atoms with Gasteiger partial charge in [0.25, 0.3) is 0 Å². The zero-order valence-corrected chi connectivity index (χ0v) is 14.3. The number of hydrogen-bond donors (Lipinski definition) is 1. The van der Waals surface area contributed by atoms with Gasteiger partial charge in [-0.2, -0.15) is 13.2 Å². The molecule has 7 heteroatoms. The van der Waals surface area contributed by atoms with E-state index in [0.29, 0.717) is 28.5 Å². The first-order valence-electron chi connectivity index (χ1n) is 7.55. The fraction of sp³-hybridized carbons (Fsp3) is 0.158. The summed E-state index contributed by atoms with van der Waals surface area (Å²) in [5.41, 5.74) is -1.64. The summed E-state index contributed by atoms with van der Waals surface area (Å²) in [4.78, 5) is 0.125. The third kappa shape index (κ3) is 3.37. The summed E-state index contributed by atoms with van der Waals surface area (Å²) in [6.45, 7) is 0.682. The molecule has 0 saturated carbocycles. The van der Waals surface area contributed by atoms with Crippen molar-refractivity contribution in [3.05, 3.63) is 71.1 Å². The first-order chi connectivity index (χ1) is 12.1. The molecule has 3 aromatic rings. The van der Waals surface area contributed by atoms with Gasteiger partial charge in [-0.15, -0.1) is 11.3 Å². The summed E-state index contributed by atoms with van der Waals surface area (Å²) < 4.78 is 66.1. The molecule has 1 unspecified atom stereocenters. The molecular weight excluding hydrogens is 371 g/mol. The van der Waals surface area contributed by atoms with Crippen LogP contribution in [-0.4, -0.2) is 11.3 Å². The molecule has 0 spiro atoms. The predicted octanol–water partition coefficient (Wildman–Crippen LogP) is 6.13. The van der Waals surface area contributed by atoms with Gasteiger partial charge in [-0.05, 0) is 48.4 Å². The maximum Gasteiger partial charge on any atom is 0.421 e. The molecule has 0 aliphatic heterocycles. The predicted molar refractivity (Wildman–Crippen MR) is 90.7 cm³/mol. The maximum absolute atomic E-state index is 13.2. The van der Waals surface area contributed by atoms with Crippen LogP contribution < -0.4 is 0 Å². The molecule has 0 fully saturated rings. The largest absolute Gasteiger partial charge is 0.421 e. The molecule has 0 aliphatic rings. The number of alkyl halides is 3. The minimum Gasteiger partial charge on any atom is -0.376 e. The molecule has 0 aliphatic carbocycles. The van der Waals surface area contributed by atoms with Gasteiger partial charge in [0.1, 0.15) is 11.6 Å². The number of aliphatic hydroxyl groups is 1. The van der Waals surface area contributed by atoms with Crippen LogP contribution in [0.1, 0.15) is 11.8 Å². The van der Waals surface area contributed by atoms with Crippen LogP contribution in [0.3, 0.4) is 0 Å². The van der Waals surface area contributed by atoms with Crippen LogP contribution in [0.25, 0.3) is 21.6 Å². The van der Waals surface area contributed by atoms with Crippen molar-refractivity contribution in [1.29, 1.82) is 0 Å². The highest BCUT2D eigenvalue weighted by molar-refractivity contribution is 7.16. The molecule has 0 radical (unpaired) electrons. The Kier molecular flexibility index (Phi) is 4.62. The molecule has 0 amide bonds. The minimum absolute atomic E-state index is 0.302. The van der Waals surface area contributed by atoms with Gasteiger partial charge >= 0.3 is 6.18 Å². The maximum atomic E-state index is 13.2. The fourth-order valence-corrected chi connectivity index (χ4v) is 3.68. The van der Waals surface area contributed by atoms with Crippen molar-refractivity contribution in [3.63, 3.8) is 0 Å². The lowest BCUT2D eigenvalue weighted by Crippen LogP contribution is -2.38. The van der Waals surface area contributed by atoms with E-state index in [-0.39, 0.29) is 4.88 Å². The molecule has 1 N–H and O–H groups in total. The second-order valence-corrected chi connectivity index (χ2v) is 6.99. The summed E-state index contributed by atoms with van der Waals surface area (Å²) in [7, 11) is 0. The van der Waals surface area contributed by atoms with Gasteiger partial charge < -0.3 is 5.11 Å². The van der Waals surface area contributed by atoms with E-state index in [1.807, 2.05) is 0 Å². The van der Waals surface area contributed by atoms with Gasteiger partial charge in [0, 0.05) is 15.3 Å². The lowest BCUT2D eigenvalue weighted by atomic mass is 9.98. The topological polar surface area (TPSA) is 20.2 Å². The van der Waals surface area contributed by atoms with Crippen LogP contribution in [0.5, 0.6) is 0 Å². The van der Waals surface area contributed by atoms with Crippen LogP contribution in [0.15, 0.2) is 54.6 Å². The van der Waals surface area contributed by atoms with Gasteiger partial charge in [-0.25, -0.2) is 8.78 Å². The van der Waals surface area contributed by atoms with Crippen molar-refractivity contribution < 1.29 is 27.1 Å². The summed E-state index contributed by atoms with van der Waals surface area (Å²) in [5, 5.41) is 10.0. The van der Waals surface area contributed by atoms with Gasteiger partial charge in [0.05, 0.1) is 0 Å². The van der Waals surface area contributed by atoms with Crippen LogP contribution >= 0.6 is 11.3 Å². The Labute approximate surface area is 150 Å². The van der Waals surface area contributed by atoms with Crippen LogP contribution in [0.2, 0.25) is 0 Å². The number of halogens is 5. The molecule has 26 heavy (non-hydrogen) atoms. The Balaban J connectivity index is 2.21. The van der Waals surface area contributed by atoms with E-state index in [4.69, 9.17) is 0 Å². The van der Waals surface area contributed by atoms with Gasteiger partial charge in [-0.3, -0.25) is 0 Å². The third-order valence-electron chi connectivity index (χ3n) is 4.03. The fourth-order valence-electron chi connectivity index (χ4n) is 2.43. The monoisotopic (exact) mass is 384 g/mol. The van der Waals surface area contributed by atoms with Gasteiger partial charge in [0.15, 0.2) is 5.60 Å². The van der Waals surface area contributed by atoms with Gasteiger partial charge in [-0.1, -0.05) is 24.3 Å². The number of hydrogen-bond acceptors (Lipinski definition) is 2. The first-order valence-corrected chi connectivity index (χ1v) is 8.36. The van der Waals surface area contributed by atoms with Crippen molar-refractivity contribution in [1.82, 2.24) is 0 Å². The molecule has 1 atom stereocenters. The Bertz CT molecular complexity index is 846. The summed E-state index contributed by atoms with van der Waals surface area (Å²) >= 11 is 0.765. The summed E-state index contributed by atoms with van der Waals surface area (Å²) in [6.07, 6.45) is -4.86. The SMILES string of the molecule is CC(O)(c1cc(-c2ccc(F)cc2)c(-c2ccc(F)cc2)s1)C(F)(F)F. The number of thiophene rings is 1. The average molecular weight is 384 g/mol. The van der Waals surface area contributed by atoms with Crippen molar-refractivity contribution in [3.8, 4) is 21.6 Å². The molecule has 3 rings (SSSR count). The Morgan fingerprint density at radius 1 is 0.808 bits per heavy atom. The van der Waals surface area contributed by atoms with Crippen LogP contribution in [0.4, 0.5) is 22.0 Å². The van der Waals surface area contributed by atoms with Crippen molar-refractivity contribution >= 4 is 11.3 Å². The average Bonchev–Trinajstić information content (AvgIpc) is 3.01. The molecule has 136 valence electrons. The highest BCUT2D eigenvalue weighted by atomic mass is 32.1. The van der Waals surface area contributed by atoms with Crippen LogP contribution in [0, 0.1) is 11.6 Å². The Morgan fingerprint density at radius 3 is 1.73 bits per heavy atom. The van der Waals surface area contributed by atoms with E-state index < -0.39 is 23.4 Å². The highest BCUT2D eigenvalue weighted by Gasteiger charge is 2.52. The Morgan fingerprint density at radius 2 is 1.27 bits per heavy atom. The van der Waals surface area contributed by atoms with E-state index >= 15 is 0 Å². The molecule has 1 heterocycles. The molecule has 2 aromatic carbocycles. The number of rotatable bonds is 3. The van der Waals surface area contributed by atoms with Gasteiger partial charge in [0.2, 0.25) is 0 Å². The Hall–Kier alpha value is -2.25. The summed E-state index contributed by atoms with van der Waals surface area (Å²) in [6, 6.07) is 11.8. The minimum atomic E-state index is -4.86. The third-order valence-corrected chi connectivity index (χ3v) is 5.42. The zero-order valence-electron chi connectivity index (χ0n) is 13.4. The molecule has 0 saturated heterocycles. The van der Waals surface area contributed by atoms with Crippen molar-refractivity contribution in [2.24, 2.45) is 0 Å². The number of benzene rings is 2. The smallest absolute Gasteiger partial charge is 0.376 e. The van der Waals surface area contributed by atoms with E-state index in [9.17, 15) is 27.1 Å². The molecule has 1 aromatic heterocycles. The molecular formula is C19H13F5OS. The van der Waals surface area contributed by atoms with E-state index in [1.165, 1.54) is 54.6 Å². The standard InChI is InChI=1S/C19H13F5OS/c1-18(25,19(22,23)24)16-10-15(11-2-6-13(20)7-3-11)17(26-16)12-4-8-14(21)9-5-12/h2-10,25H,1H3. The van der Waals surface area contributed by atoms with Crippen molar-refractivity contribution in [2.45, 2.75) is 18.7 Å². The highest BCUT2D eigenvalue weighted by Crippen LogP contribution is 2.47. The second-order valence-electron chi connectivity index (χ2n) is 5.94. The summed E-state index contributed by atoms with van der Waals surface area (Å²) in [5.74, 6) is -0.953. The quantitative estimate of drug-likeness (QED) is 0.539. The van der Waals surface area contributed by atoms with Crippen molar-refractivity contribution in [2.75, 3.05) is 0 Å².